The molecule has 0 aliphatic carbocycles. The van der Waals surface area contributed by atoms with E-state index in [1.807, 2.05) is 0 Å². The Hall–Kier alpha value is -4.08. The van der Waals surface area contributed by atoms with E-state index in [2.05, 4.69) is 5.32 Å². The van der Waals surface area contributed by atoms with Gasteiger partial charge in [-0.3, -0.25) is 34.2 Å². The van der Waals surface area contributed by atoms with Crippen molar-refractivity contribution in [3.8, 4) is 5.75 Å². The lowest BCUT2D eigenvalue weighted by molar-refractivity contribution is -0.385. The van der Waals surface area contributed by atoms with E-state index in [0.29, 0.717) is 16.3 Å². The molecule has 28 heavy (non-hydrogen) atoms. The standard InChI is InChI=1S/C18H11N3O7/c22-13(9-4-5-14-11(6-9)19-15(23)8-28-14)7-20-17(24)10-2-1-3-12(21(26)27)16(10)18(20)25/h1-6H,7-8H2,(H,19,23). The van der Waals surface area contributed by atoms with Crippen LogP contribution < -0.4 is 10.1 Å². The normalized spacial score (nSPS) is 14.9. The second-order valence-electron chi connectivity index (χ2n) is 6.12. The predicted molar refractivity (Wildman–Crippen MR) is 93.4 cm³/mol. The summed E-state index contributed by atoms with van der Waals surface area (Å²) in [7, 11) is 0. The fourth-order valence-electron chi connectivity index (χ4n) is 3.10. The molecular formula is C18H11N3O7. The molecule has 0 fully saturated rings. The van der Waals surface area contributed by atoms with Crippen LogP contribution in [0.15, 0.2) is 36.4 Å². The number of ether oxygens (including phenoxy) is 1. The lowest BCUT2D eigenvalue weighted by Gasteiger charge is -2.19. The second-order valence-corrected chi connectivity index (χ2v) is 6.12. The Morgan fingerprint density at radius 3 is 2.71 bits per heavy atom. The Kier molecular flexibility index (Phi) is 3.88. The maximum atomic E-state index is 12.6. The lowest BCUT2D eigenvalue weighted by atomic mass is 10.1. The molecule has 0 radical (unpaired) electrons. The number of imide groups is 1. The van der Waals surface area contributed by atoms with Crippen LogP contribution in [0.1, 0.15) is 31.1 Å². The van der Waals surface area contributed by atoms with Gasteiger partial charge in [0.15, 0.2) is 12.4 Å². The third-order valence-corrected chi connectivity index (χ3v) is 4.41. The van der Waals surface area contributed by atoms with Gasteiger partial charge in [0, 0.05) is 11.6 Å². The second kappa shape index (κ2) is 6.27. The van der Waals surface area contributed by atoms with Crippen LogP contribution in [-0.2, 0) is 4.79 Å². The molecule has 2 aliphatic rings. The minimum absolute atomic E-state index is 0.113. The number of carbonyl (C=O) groups is 4. The number of nitro benzene ring substituents is 1. The fourth-order valence-corrected chi connectivity index (χ4v) is 3.10. The number of nitrogens with zero attached hydrogens (tertiary/aromatic N) is 2. The van der Waals surface area contributed by atoms with Crippen molar-refractivity contribution in [2.24, 2.45) is 0 Å². The third-order valence-electron chi connectivity index (χ3n) is 4.41. The Labute approximate surface area is 156 Å². The highest BCUT2D eigenvalue weighted by atomic mass is 16.6. The summed E-state index contributed by atoms with van der Waals surface area (Å²) < 4.78 is 5.21. The first-order valence-electron chi connectivity index (χ1n) is 8.10. The number of hydrogen-bond donors (Lipinski definition) is 1. The molecule has 4 rings (SSSR count). The minimum atomic E-state index is -0.893. The van der Waals surface area contributed by atoms with Crippen LogP contribution in [0, 0.1) is 10.1 Å². The number of fused-ring (bicyclic) bond motifs is 2. The molecule has 0 aromatic heterocycles. The largest absolute Gasteiger partial charge is 0.482 e. The van der Waals surface area contributed by atoms with E-state index in [1.54, 1.807) is 0 Å². The summed E-state index contributed by atoms with van der Waals surface area (Å²) in [6.45, 7) is -0.717. The van der Waals surface area contributed by atoms with E-state index in [-0.39, 0.29) is 29.2 Å². The van der Waals surface area contributed by atoms with E-state index in [1.165, 1.54) is 30.3 Å². The summed E-state index contributed by atoms with van der Waals surface area (Å²) in [5.74, 6) is -2.21. The van der Waals surface area contributed by atoms with Gasteiger partial charge in [0.05, 0.1) is 22.7 Å². The zero-order chi connectivity index (χ0) is 20.0. The molecule has 10 heteroatoms. The quantitative estimate of drug-likeness (QED) is 0.366. The molecule has 140 valence electrons. The molecular weight excluding hydrogens is 370 g/mol. The first-order valence-corrected chi connectivity index (χ1v) is 8.10. The summed E-state index contributed by atoms with van der Waals surface area (Å²) in [6.07, 6.45) is 0. The van der Waals surface area contributed by atoms with Crippen LogP contribution in [0.25, 0.3) is 0 Å². The lowest BCUT2D eigenvalue weighted by Crippen LogP contribution is -2.35. The number of carbonyl (C=O) groups excluding carboxylic acids is 4. The minimum Gasteiger partial charge on any atom is -0.482 e. The first-order chi connectivity index (χ1) is 13.4. The topological polar surface area (TPSA) is 136 Å². The molecule has 2 aromatic rings. The molecule has 0 saturated carbocycles. The Balaban J connectivity index is 1.61. The zero-order valence-corrected chi connectivity index (χ0v) is 14.1. The van der Waals surface area contributed by atoms with Gasteiger partial charge in [-0.05, 0) is 24.3 Å². The number of amides is 3. The molecule has 1 N–H and O–H groups in total. The van der Waals surface area contributed by atoms with E-state index < -0.39 is 34.8 Å². The third kappa shape index (κ3) is 2.67. The number of rotatable bonds is 4. The van der Waals surface area contributed by atoms with E-state index in [4.69, 9.17) is 4.74 Å². The van der Waals surface area contributed by atoms with Gasteiger partial charge in [-0.2, -0.15) is 0 Å². The highest BCUT2D eigenvalue weighted by Crippen LogP contribution is 2.32. The zero-order valence-electron chi connectivity index (χ0n) is 14.1. The highest BCUT2D eigenvalue weighted by Gasteiger charge is 2.41. The molecule has 0 spiro atoms. The van der Waals surface area contributed by atoms with Crippen molar-refractivity contribution < 1.29 is 28.8 Å². The van der Waals surface area contributed by atoms with Crippen molar-refractivity contribution in [1.29, 1.82) is 0 Å². The van der Waals surface area contributed by atoms with Gasteiger partial charge in [-0.1, -0.05) is 6.07 Å². The number of benzene rings is 2. The van der Waals surface area contributed by atoms with Crippen LogP contribution in [0.5, 0.6) is 5.75 Å². The predicted octanol–water partition coefficient (Wildman–Crippen LogP) is 1.40. The number of Topliss-reactive ketones (excluding diaryl/α,β-unsaturated/α-hetero) is 1. The van der Waals surface area contributed by atoms with Crippen molar-refractivity contribution in [2.75, 3.05) is 18.5 Å². The summed E-state index contributed by atoms with van der Waals surface area (Å²) in [6, 6.07) is 8.06. The first kappa shape index (κ1) is 17.3. The summed E-state index contributed by atoms with van der Waals surface area (Å²) >= 11 is 0. The summed E-state index contributed by atoms with van der Waals surface area (Å²) in [4.78, 5) is 60.1. The van der Waals surface area contributed by atoms with Crippen molar-refractivity contribution in [2.45, 2.75) is 0 Å². The molecule has 2 aromatic carbocycles. The number of nitrogens with one attached hydrogen (secondary N) is 1. The maximum Gasteiger partial charge on any atom is 0.282 e. The van der Waals surface area contributed by atoms with Crippen molar-refractivity contribution >= 4 is 34.9 Å². The molecule has 2 heterocycles. The van der Waals surface area contributed by atoms with Gasteiger partial charge in [0.1, 0.15) is 11.3 Å². The Morgan fingerprint density at radius 1 is 1.18 bits per heavy atom. The van der Waals surface area contributed by atoms with Crippen LogP contribution in [0.2, 0.25) is 0 Å². The van der Waals surface area contributed by atoms with Gasteiger partial charge in [-0.15, -0.1) is 0 Å². The van der Waals surface area contributed by atoms with Crippen LogP contribution in [0.4, 0.5) is 11.4 Å². The van der Waals surface area contributed by atoms with Crippen LogP contribution >= 0.6 is 0 Å². The van der Waals surface area contributed by atoms with E-state index >= 15 is 0 Å². The Morgan fingerprint density at radius 2 is 1.96 bits per heavy atom. The van der Waals surface area contributed by atoms with Crippen molar-refractivity contribution in [1.82, 2.24) is 4.90 Å². The van der Waals surface area contributed by atoms with Gasteiger partial charge >= 0.3 is 0 Å². The maximum absolute atomic E-state index is 12.6. The van der Waals surface area contributed by atoms with Crippen molar-refractivity contribution in [3.63, 3.8) is 0 Å². The molecule has 0 bridgehead atoms. The van der Waals surface area contributed by atoms with Gasteiger partial charge < -0.3 is 10.1 Å². The fraction of sp³-hybridized carbons (Fsp3) is 0.111. The number of anilines is 1. The van der Waals surface area contributed by atoms with Crippen LogP contribution in [0.3, 0.4) is 0 Å². The molecule has 2 aliphatic heterocycles. The molecule has 0 atom stereocenters. The van der Waals surface area contributed by atoms with Gasteiger partial charge in [0.2, 0.25) is 0 Å². The van der Waals surface area contributed by atoms with E-state index in [9.17, 15) is 29.3 Å². The average molecular weight is 381 g/mol. The number of nitro groups is 1. The summed E-state index contributed by atoms with van der Waals surface area (Å²) in [5.41, 5.74) is -0.468. The molecule has 0 unspecified atom stereocenters. The van der Waals surface area contributed by atoms with E-state index in [0.717, 1.165) is 6.07 Å². The number of hydrogen-bond acceptors (Lipinski definition) is 7. The van der Waals surface area contributed by atoms with Crippen molar-refractivity contribution in [3.05, 3.63) is 63.2 Å². The Bertz CT molecular complexity index is 1090. The SMILES string of the molecule is O=C1COc2ccc(C(=O)CN3C(=O)c4cccc([N+](=O)[O-])c4C3=O)cc2N1. The monoisotopic (exact) mass is 381 g/mol. The van der Waals surface area contributed by atoms with Gasteiger partial charge in [0.25, 0.3) is 23.4 Å². The molecule has 3 amide bonds. The highest BCUT2D eigenvalue weighted by molar-refractivity contribution is 6.24. The molecule has 10 nitrogen and oxygen atoms in total. The average Bonchev–Trinajstić information content (AvgIpc) is 2.92. The van der Waals surface area contributed by atoms with Crippen LogP contribution in [-0.4, -0.2) is 46.5 Å². The summed E-state index contributed by atoms with van der Waals surface area (Å²) in [5, 5.41) is 13.7. The van der Waals surface area contributed by atoms with Gasteiger partial charge in [-0.25, -0.2) is 0 Å². The smallest absolute Gasteiger partial charge is 0.282 e. The number of ketones is 1. The molecule has 0 saturated heterocycles.